The van der Waals surface area contributed by atoms with E-state index >= 15 is 0 Å². The number of fused-ring (bicyclic) bond motifs is 8. The van der Waals surface area contributed by atoms with E-state index in [1.165, 1.54) is 89.4 Å². The van der Waals surface area contributed by atoms with Gasteiger partial charge < -0.3 is 9.80 Å². The Labute approximate surface area is 396 Å². The number of allylic oxidation sites excluding steroid dienone is 4. The number of hydrogen-bond acceptors (Lipinski definition) is 2. The van der Waals surface area contributed by atoms with Crippen LogP contribution in [-0.4, -0.2) is 0 Å². The third-order valence-electron chi connectivity index (χ3n) is 15.6. The molecule has 0 saturated heterocycles. The van der Waals surface area contributed by atoms with Crippen molar-refractivity contribution in [2.45, 2.75) is 70.6 Å². The van der Waals surface area contributed by atoms with Crippen LogP contribution in [0.1, 0.15) is 98.9 Å². The Hall–Kier alpha value is -7.42. The zero-order valence-corrected chi connectivity index (χ0v) is 39.4. The van der Waals surface area contributed by atoms with E-state index in [2.05, 4.69) is 258 Å². The first-order chi connectivity index (χ1) is 32.5. The summed E-state index contributed by atoms with van der Waals surface area (Å²) in [5.74, 6) is 0. The molecule has 0 radical (unpaired) electrons. The van der Waals surface area contributed by atoms with Crippen molar-refractivity contribution < 1.29 is 0 Å². The van der Waals surface area contributed by atoms with Crippen LogP contribution in [0.25, 0.3) is 40.0 Å². The molecule has 0 unspecified atom stereocenters. The minimum atomic E-state index is -0.201. The van der Waals surface area contributed by atoms with Crippen molar-refractivity contribution in [3.8, 4) is 22.3 Å². The lowest BCUT2D eigenvalue weighted by Crippen LogP contribution is -2.20. The molecule has 0 bridgehead atoms. The van der Waals surface area contributed by atoms with E-state index in [4.69, 9.17) is 0 Å². The lowest BCUT2D eigenvalue weighted by Gasteiger charge is -2.31. The average Bonchev–Trinajstić information content (AvgIpc) is 3.83. The molecule has 4 aliphatic rings. The number of benzene rings is 8. The van der Waals surface area contributed by atoms with Crippen molar-refractivity contribution in [3.05, 3.63) is 244 Å². The maximum Gasteiger partial charge on any atom is 0.0465 e. The van der Waals surface area contributed by atoms with Crippen LogP contribution in [0.5, 0.6) is 0 Å². The standard InChI is InChI=1S/C65H56N2/c1-63(2)57-23-15-13-21-51(57)54-36-32-48(40-60(54)63)67(49-33-37-55-52-22-14-16-24-58(52)64(3,4)61(55)41-49)50-34-38-56-53-35-29-44(39-59(53)65(5,6)62(56)42-50)26-25-43-27-30-47(31-28-43)66(45-17-9-7-10-18-45)46-19-11-8-12-20-46/h7-15,17-23,25-42H,16,24H2,1-6H3/b26-25+. The molecule has 0 aromatic heterocycles. The fourth-order valence-corrected chi connectivity index (χ4v) is 11.9. The summed E-state index contributed by atoms with van der Waals surface area (Å²) < 4.78 is 0. The maximum atomic E-state index is 2.53. The van der Waals surface area contributed by atoms with Crippen LogP contribution >= 0.6 is 0 Å². The third kappa shape index (κ3) is 6.52. The van der Waals surface area contributed by atoms with E-state index in [1.54, 1.807) is 5.57 Å². The van der Waals surface area contributed by atoms with Crippen molar-refractivity contribution in [1.82, 2.24) is 0 Å². The van der Waals surface area contributed by atoms with E-state index < -0.39 is 0 Å². The lowest BCUT2D eigenvalue weighted by molar-refractivity contribution is 0.607. The highest BCUT2D eigenvalue weighted by Gasteiger charge is 2.40. The summed E-state index contributed by atoms with van der Waals surface area (Å²) in [5.41, 5.74) is 25.7. The molecule has 326 valence electrons. The second-order valence-electron chi connectivity index (χ2n) is 20.5. The first kappa shape index (κ1) is 41.0. The lowest BCUT2D eigenvalue weighted by atomic mass is 9.78. The first-order valence-electron chi connectivity index (χ1n) is 24.1. The van der Waals surface area contributed by atoms with Crippen LogP contribution in [0, 0.1) is 0 Å². The van der Waals surface area contributed by atoms with Crippen LogP contribution in [0.4, 0.5) is 34.1 Å². The van der Waals surface area contributed by atoms with Crippen molar-refractivity contribution in [2.24, 2.45) is 0 Å². The van der Waals surface area contributed by atoms with Gasteiger partial charge in [0.25, 0.3) is 0 Å². The second-order valence-corrected chi connectivity index (χ2v) is 20.5. The summed E-state index contributed by atoms with van der Waals surface area (Å²) in [4.78, 5) is 4.83. The van der Waals surface area contributed by atoms with E-state index in [1.807, 2.05) is 0 Å². The van der Waals surface area contributed by atoms with E-state index in [9.17, 15) is 0 Å². The number of rotatable bonds is 8. The number of nitrogens with zero attached hydrogens (tertiary/aromatic N) is 2. The molecule has 8 aromatic carbocycles. The Morgan fingerprint density at radius 2 is 0.776 bits per heavy atom. The van der Waals surface area contributed by atoms with Crippen molar-refractivity contribution in [3.63, 3.8) is 0 Å². The largest absolute Gasteiger partial charge is 0.311 e. The Bertz CT molecular complexity index is 3320. The Morgan fingerprint density at radius 1 is 0.358 bits per heavy atom. The van der Waals surface area contributed by atoms with Gasteiger partial charge in [-0.3, -0.25) is 0 Å². The van der Waals surface area contributed by atoms with Gasteiger partial charge in [-0.1, -0.05) is 181 Å². The summed E-state index contributed by atoms with van der Waals surface area (Å²) >= 11 is 0. The van der Waals surface area contributed by atoms with Gasteiger partial charge in [0, 0.05) is 50.4 Å². The van der Waals surface area contributed by atoms with Crippen molar-refractivity contribution >= 4 is 51.8 Å². The smallest absolute Gasteiger partial charge is 0.0465 e. The summed E-state index contributed by atoms with van der Waals surface area (Å²) in [6.07, 6.45) is 11.5. The fourth-order valence-electron chi connectivity index (χ4n) is 11.9. The molecule has 0 atom stereocenters. The Morgan fingerprint density at radius 3 is 1.39 bits per heavy atom. The Balaban J connectivity index is 0.893. The van der Waals surface area contributed by atoms with Gasteiger partial charge >= 0.3 is 0 Å². The summed E-state index contributed by atoms with van der Waals surface area (Å²) in [7, 11) is 0. The first-order valence-corrected chi connectivity index (χ1v) is 24.1. The molecule has 12 rings (SSSR count). The molecule has 2 nitrogen and oxygen atoms in total. The molecule has 4 aliphatic carbocycles. The van der Waals surface area contributed by atoms with Crippen molar-refractivity contribution in [1.29, 1.82) is 0 Å². The van der Waals surface area contributed by atoms with Gasteiger partial charge in [0.05, 0.1) is 0 Å². The van der Waals surface area contributed by atoms with Gasteiger partial charge in [0.1, 0.15) is 0 Å². The number of anilines is 6. The van der Waals surface area contributed by atoms with Gasteiger partial charge in [-0.25, -0.2) is 0 Å². The normalized spacial score (nSPS) is 16.3. The molecule has 0 aliphatic heterocycles. The van der Waals surface area contributed by atoms with Crippen LogP contribution in [-0.2, 0) is 16.2 Å². The molecular formula is C65H56N2. The molecule has 0 heterocycles. The molecule has 0 saturated carbocycles. The zero-order chi connectivity index (χ0) is 45.7. The van der Waals surface area contributed by atoms with Gasteiger partial charge in [-0.15, -0.1) is 0 Å². The van der Waals surface area contributed by atoms with E-state index in [0.717, 1.165) is 29.9 Å². The maximum absolute atomic E-state index is 2.53. The SMILES string of the molecule is CC1(C)C2=C(C=CCC2)c2ccc(N(c3ccc4c(c3)C(C)(C)c3ccccc3-4)c3ccc4c(c3)C(C)(C)c3cc(/C=C/c5ccc(N(c6ccccc6)c6ccccc6)cc5)ccc3-4)cc21. The summed E-state index contributed by atoms with van der Waals surface area (Å²) in [5, 5.41) is 0. The van der Waals surface area contributed by atoms with Gasteiger partial charge in [0.15, 0.2) is 0 Å². The zero-order valence-electron chi connectivity index (χ0n) is 39.4. The fraction of sp³-hybridized carbons (Fsp3) is 0.169. The summed E-state index contributed by atoms with van der Waals surface area (Å²) in [6.45, 7) is 14.4. The molecule has 0 fully saturated rings. The van der Waals surface area contributed by atoms with Crippen LogP contribution in [0.2, 0.25) is 0 Å². The quantitative estimate of drug-likeness (QED) is 0.140. The molecule has 0 N–H and O–H groups in total. The van der Waals surface area contributed by atoms with Gasteiger partial charge in [-0.2, -0.15) is 0 Å². The van der Waals surface area contributed by atoms with Crippen LogP contribution in [0.3, 0.4) is 0 Å². The van der Waals surface area contributed by atoms with Crippen molar-refractivity contribution in [2.75, 3.05) is 9.80 Å². The van der Waals surface area contributed by atoms with Gasteiger partial charge in [-0.05, 0) is 158 Å². The molecule has 0 amide bonds. The highest BCUT2D eigenvalue weighted by molar-refractivity contribution is 5.92. The molecular weight excluding hydrogens is 809 g/mol. The number of hydrogen-bond donors (Lipinski definition) is 0. The van der Waals surface area contributed by atoms with E-state index in [0.29, 0.717) is 0 Å². The predicted molar refractivity (Wildman–Crippen MR) is 285 cm³/mol. The number of para-hydroxylation sites is 2. The summed E-state index contributed by atoms with van der Waals surface area (Å²) in [6, 6.07) is 67.7. The van der Waals surface area contributed by atoms with Crippen LogP contribution in [0.15, 0.2) is 200 Å². The van der Waals surface area contributed by atoms with Crippen LogP contribution < -0.4 is 9.80 Å². The highest BCUT2D eigenvalue weighted by atomic mass is 15.1. The Kier molecular flexibility index (Phi) is 9.39. The topological polar surface area (TPSA) is 6.48 Å². The monoisotopic (exact) mass is 864 g/mol. The third-order valence-corrected chi connectivity index (χ3v) is 15.6. The molecule has 0 spiro atoms. The predicted octanol–water partition coefficient (Wildman–Crippen LogP) is 17.8. The molecule has 67 heavy (non-hydrogen) atoms. The minimum absolute atomic E-state index is 0.0260. The highest BCUT2D eigenvalue weighted by Crippen LogP contribution is 2.55. The van der Waals surface area contributed by atoms with E-state index in [-0.39, 0.29) is 16.2 Å². The second kappa shape index (κ2) is 15.3. The van der Waals surface area contributed by atoms with Gasteiger partial charge in [0.2, 0.25) is 0 Å². The minimum Gasteiger partial charge on any atom is -0.311 e. The molecule has 2 heteroatoms. The molecule has 8 aromatic rings. The average molecular weight is 865 g/mol.